The van der Waals surface area contributed by atoms with Gasteiger partial charge in [-0.1, -0.05) is 12.3 Å². The molecule has 0 aromatic heterocycles. The number of benzene rings is 1. The molecule has 1 aromatic carbocycles. The fraction of sp³-hybridized carbons (Fsp3) is 0.609. The molecule has 1 heterocycles. The number of rotatable bonds is 5. The molecule has 150 valence electrons. The third kappa shape index (κ3) is 3.98. The van der Waals surface area contributed by atoms with Gasteiger partial charge in [0.2, 0.25) is 0 Å². The molecule has 3 fully saturated rings. The molecule has 2 aliphatic carbocycles. The first-order valence-corrected chi connectivity index (χ1v) is 10.3. The lowest BCUT2D eigenvalue weighted by atomic mass is 9.85. The molecule has 0 radical (unpaired) electrons. The van der Waals surface area contributed by atoms with Gasteiger partial charge in [0.1, 0.15) is 5.75 Å². The number of nitrogens with zero attached hydrogens (tertiary/aromatic N) is 1. The lowest BCUT2D eigenvalue weighted by Gasteiger charge is -2.22. The van der Waals surface area contributed by atoms with Crippen LogP contribution >= 0.6 is 0 Å². The van der Waals surface area contributed by atoms with Crippen LogP contribution in [0.2, 0.25) is 0 Å². The number of hydrogen-bond acceptors (Lipinski definition) is 5. The summed E-state index contributed by atoms with van der Waals surface area (Å²) < 4.78 is 10.7. The number of fused-ring (bicyclic) bond motifs is 1. The van der Waals surface area contributed by atoms with Crippen molar-refractivity contribution in [3.8, 4) is 29.1 Å². The molecular formula is C23H29NO4. The first kappa shape index (κ1) is 19.1. The van der Waals surface area contributed by atoms with Crippen LogP contribution < -0.4 is 9.47 Å². The van der Waals surface area contributed by atoms with Gasteiger partial charge in [-0.05, 0) is 55.1 Å². The van der Waals surface area contributed by atoms with Crippen molar-refractivity contribution >= 4 is 5.97 Å². The van der Waals surface area contributed by atoms with Crippen molar-refractivity contribution < 1.29 is 19.4 Å². The number of ether oxygens (including phenoxy) is 2. The molecule has 0 bridgehead atoms. The zero-order valence-corrected chi connectivity index (χ0v) is 16.7. The van der Waals surface area contributed by atoms with E-state index in [1.807, 2.05) is 0 Å². The van der Waals surface area contributed by atoms with E-state index in [4.69, 9.17) is 9.47 Å². The molecule has 5 heteroatoms. The number of aromatic hydroxyl groups is 1. The molecule has 2 saturated carbocycles. The highest BCUT2D eigenvalue weighted by Crippen LogP contribution is 2.50. The van der Waals surface area contributed by atoms with Crippen LogP contribution in [0.4, 0.5) is 0 Å². The third-order valence-corrected chi connectivity index (χ3v) is 6.49. The average Bonchev–Trinajstić information content (AvgIpc) is 3.06. The van der Waals surface area contributed by atoms with Crippen LogP contribution in [-0.4, -0.2) is 42.7 Å². The number of likely N-dealkylation sites (tertiary alicyclic amines) is 1. The Bertz CT molecular complexity index is 799. The molecule has 1 aliphatic heterocycles. The Kier molecular flexibility index (Phi) is 5.50. The standard InChI is InChI=1S/C23H29NO4/c1-15(25)28-21-10-9-20(27-2)22(23(21)26)19-8-5-7-16(19)6-3-4-11-24-13-17-12-18(17)14-24/h9-10,16-19,26H,5-8,11-14H2,1-2H3/t16?,17-,18+,19?. The smallest absolute Gasteiger partial charge is 0.308 e. The Labute approximate surface area is 167 Å². The maximum absolute atomic E-state index is 11.3. The quantitative estimate of drug-likeness (QED) is 0.479. The minimum atomic E-state index is -0.445. The van der Waals surface area contributed by atoms with Crippen molar-refractivity contribution in [3.05, 3.63) is 17.7 Å². The van der Waals surface area contributed by atoms with Crippen LogP contribution in [0.5, 0.6) is 17.2 Å². The van der Waals surface area contributed by atoms with Crippen LogP contribution in [0, 0.1) is 29.6 Å². The van der Waals surface area contributed by atoms with Crippen molar-refractivity contribution in [2.45, 2.75) is 44.9 Å². The first-order valence-electron chi connectivity index (χ1n) is 10.3. The van der Waals surface area contributed by atoms with E-state index < -0.39 is 5.97 Å². The lowest BCUT2D eigenvalue weighted by Crippen LogP contribution is -2.22. The van der Waals surface area contributed by atoms with Crippen LogP contribution in [0.3, 0.4) is 0 Å². The van der Waals surface area contributed by atoms with Gasteiger partial charge >= 0.3 is 5.97 Å². The van der Waals surface area contributed by atoms with Crippen molar-refractivity contribution in [3.63, 3.8) is 0 Å². The van der Waals surface area contributed by atoms with Crippen molar-refractivity contribution in [2.75, 3.05) is 26.7 Å². The molecule has 1 aromatic rings. The normalized spacial score (nSPS) is 28.4. The van der Waals surface area contributed by atoms with E-state index in [0.717, 1.165) is 49.6 Å². The van der Waals surface area contributed by atoms with E-state index >= 15 is 0 Å². The van der Waals surface area contributed by atoms with Gasteiger partial charge in [0.25, 0.3) is 0 Å². The van der Waals surface area contributed by atoms with E-state index in [-0.39, 0.29) is 17.4 Å². The molecule has 28 heavy (non-hydrogen) atoms. The number of esters is 1. The Hall–Kier alpha value is -2.19. The molecule has 4 atom stereocenters. The largest absolute Gasteiger partial charge is 0.504 e. The second kappa shape index (κ2) is 8.05. The third-order valence-electron chi connectivity index (χ3n) is 6.49. The summed E-state index contributed by atoms with van der Waals surface area (Å²) >= 11 is 0. The molecule has 0 amide bonds. The van der Waals surface area contributed by atoms with Crippen molar-refractivity contribution in [1.29, 1.82) is 0 Å². The molecular weight excluding hydrogens is 354 g/mol. The number of carbonyl (C=O) groups excluding carboxylic acids is 1. The molecule has 5 nitrogen and oxygen atoms in total. The number of phenolic OH excluding ortho intramolecular Hbond substituents is 1. The van der Waals surface area contributed by atoms with E-state index in [9.17, 15) is 9.90 Å². The number of phenols is 1. The Morgan fingerprint density at radius 1 is 1.21 bits per heavy atom. The maximum atomic E-state index is 11.3. The Morgan fingerprint density at radius 2 is 1.96 bits per heavy atom. The van der Waals surface area contributed by atoms with Crippen LogP contribution in [0.1, 0.15) is 50.5 Å². The number of methoxy groups -OCH3 is 1. The summed E-state index contributed by atoms with van der Waals surface area (Å²) in [6.45, 7) is 4.65. The van der Waals surface area contributed by atoms with Gasteiger partial charge in [0.05, 0.1) is 13.7 Å². The number of carbonyl (C=O) groups is 1. The monoisotopic (exact) mass is 383 g/mol. The topological polar surface area (TPSA) is 59.0 Å². The Morgan fingerprint density at radius 3 is 2.68 bits per heavy atom. The van der Waals surface area contributed by atoms with Crippen LogP contribution in [0.15, 0.2) is 12.1 Å². The van der Waals surface area contributed by atoms with E-state index in [2.05, 4.69) is 16.7 Å². The fourth-order valence-electron chi connectivity index (χ4n) is 5.00. The zero-order valence-electron chi connectivity index (χ0n) is 16.7. The van der Waals surface area contributed by atoms with Gasteiger partial charge in [-0.25, -0.2) is 0 Å². The fourth-order valence-corrected chi connectivity index (χ4v) is 5.00. The molecule has 1 saturated heterocycles. The van der Waals surface area contributed by atoms with Gasteiger partial charge in [-0.3, -0.25) is 9.69 Å². The van der Waals surface area contributed by atoms with Gasteiger partial charge in [0, 0.05) is 32.0 Å². The predicted octanol–water partition coefficient (Wildman–Crippen LogP) is 3.56. The summed E-state index contributed by atoms with van der Waals surface area (Å²) in [7, 11) is 1.61. The molecule has 3 aliphatic rings. The Balaban J connectivity index is 1.45. The predicted molar refractivity (Wildman–Crippen MR) is 106 cm³/mol. The van der Waals surface area contributed by atoms with Gasteiger partial charge in [-0.15, -0.1) is 5.92 Å². The van der Waals surface area contributed by atoms with Crippen LogP contribution in [-0.2, 0) is 4.79 Å². The average molecular weight is 383 g/mol. The van der Waals surface area contributed by atoms with Gasteiger partial charge in [0.15, 0.2) is 11.5 Å². The minimum Gasteiger partial charge on any atom is -0.504 e. The lowest BCUT2D eigenvalue weighted by molar-refractivity contribution is -0.132. The van der Waals surface area contributed by atoms with E-state index in [1.54, 1.807) is 19.2 Å². The molecule has 0 spiro atoms. The van der Waals surface area contributed by atoms with Crippen molar-refractivity contribution in [2.24, 2.45) is 17.8 Å². The van der Waals surface area contributed by atoms with Gasteiger partial charge < -0.3 is 14.6 Å². The minimum absolute atomic E-state index is 0.0238. The second-order valence-electron chi connectivity index (χ2n) is 8.43. The highest BCUT2D eigenvalue weighted by atomic mass is 16.5. The molecule has 1 N–H and O–H groups in total. The summed E-state index contributed by atoms with van der Waals surface area (Å²) in [6, 6.07) is 3.36. The van der Waals surface area contributed by atoms with E-state index in [0.29, 0.717) is 11.7 Å². The summed E-state index contributed by atoms with van der Waals surface area (Å²) in [5.41, 5.74) is 0.755. The number of hydrogen-bond donors (Lipinski definition) is 1. The second-order valence-corrected chi connectivity index (χ2v) is 8.43. The van der Waals surface area contributed by atoms with Gasteiger partial charge in [-0.2, -0.15) is 0 Å². The molecule has 4 rings (SSSR count). The highest BCUT2D eigenvalue weighted by molar-refractivity contribution is 5.71. The zero-order chi connectivity index (χ0) is 19.7. The maximum Gasteiger partial charge on any atom is 0.308 e. The molecule has 2 unspecified atom stereocenters. The summed E-state index contributed by atoms with van der Waals surface area (Å²) in [5, 5.41) is 10.8. The SMILES string of the molecule is COc1ccc(OC(C)=O)c(O)c1C1CCCC1CC#CCN1C[C@H]2C[C@H]2C1. The summed E-state index contributed by atoms with van der Waals surface area (Å²) in [6.07, 6.45) is 5.42. The summed E-state index contributed by atoms with van der Waals surface area (Å²) in [4.78, 5) is 13.8. The van der Waals surface area contributed by atoms with E-state index in [1.165, 1.54) is 26.4 Å². The summed E-state index contributed by atoms with van der Waals surface area (Å²) in [5.74, 6) is 9.62. The highest BCUT2D eigenvalue weighted by Gasteiger charge is 2.44. The van der Waals surface area contributed by atoms with Crippen LogP contribution in [0.25, 0.3) is 0 Å². The van der Waals surface area contributed by atoms with Crippen molar-refractivity contribution in [1.82, 2.24) is 4.90 Å². The first-order chi connectivity index (χ1) is 13.6. The number of piperidine rings is 1.